The van der Waals surface area contributed by atoms with Crippen LogP contribution in [-0.2, 0) is 0 Å². The first-order valence-corrected chi connectivity index (χ1v) is 5.76. The van der Waals surface area contributed by atoms with Gasteiger partial charge < -0.3 is 5.11 Å². The van der Waals surface area contributed by atoms with Crippen molar-refractivity contribution >= 4 is 0 Å². The lowest BCUT2D eigenvalue weighted by atomic mass is 9.79. The van der Waals surface area contributed by atoms with Crippen LogP contribution in [-0.4, -0.2) is 11.7 Å². The van der Waals surface area contributed by atoms with Crippen LogP contribution in [0.5, 0.6) is 0 Å². The van der Waals surface area contributed by atoms with Crippen LogP contribution < -0.4 is 0 Å². The molecule has 0 amide bonds. The Hall–Kier alpha value is -0.960. The molecule has 1 aromatic rings. The summed E-state index contributed by atoms with van der Waals surface area (Å²) in [6.07, 6.45) is 3.71. The van der Waals surface area contributed by atoms with Gasteiger partial charge in [-0.05, 0) is 55.2 Å². The van der Waals surface area contributed by atoms with Crippen molar-refractivity contribution in [2.75, 3.05) is 6.61 Å². The SMILES string of the molecule is OC[C@H]1CC[C@H](c2cc(F)cc(F)c2)CC1. The summed E-state index contributed by atoms with van der Waals surface area (Å²) >= 11 is 0. The third-order valence-corrected chi connectivity index (χ3v) is 3.46. The van der Waals surface area contributed by atoms with Crippen LogP contribution in [0.4, 0.5) is 8.78 Å². The Morgan fingerprint density at radius 1 is 1.00 bits per heavy atom. The topological polar surface area (TPSA) is 20.2 Å². The summed E-state index contributed by atoms with van der Waals surface area (Å²) in [6, 6.07) is 3.75. The van der Waals surface area contributed by atoms with Crippen molar-refractivity contribution in [3.8, 4) is 0 Å². The maximum atomic E-state index is 13.0. The number of rotatable bonds is 2. The maximum absolute atomic E-state index is 13.0. The molecule has 0 aliphatic heterocycles. The first-order valence-electron chi connectivity index (χ1n) is 5.76. The van der Waals surface area contributed by atoms with Crippen LogP contribution in [0.1, 0.15) is 37.2 Å². The molecule has 0 saturated heterocycles. The fourth-order valence-electron chi connectivity index (χ4n) is 2.49. The second-order valence-electron chi connectivity index (χ2n) is 4.60. The first-order chi connectivity index (χ1) is 7.69. The van der Waals surface area contributed by atoms with Gasteiger partial charge >= 0.3 is 0 Å². The molecule has 0 atom stereocenters. The highest BCUT2D eigenvalue weighted by Crippen LogP contribution is 2.35. The number of hydrogen-bond donors (Lipinski definition) is 1. The molecule has 16 heavy (non-hydrogen) atoms. The average Bonchev–Trinajstić information content (AvgIpc) is 2.28. The van der Waals surface area contributed by atoms with Gasteiger partial charge in [0.25, 0.3) is 0 Å². The minimum atomic E-state index is -0.501. The maximum Gasteiger partial charge on any atom is 0.126 e. The van der Waals surface area contributed by atoms with Crippen molar-refractivity contribution in [2.24, 2.45) is 5.92 Å². The number of halogens is 2. The van der Waals surface area contributed by atoms with E-state index in [4.69, 9.17) is 5.11 Å². The molecule has 1 aliphatic rings. The van der Waals surface area contributed by atoms with Crippen LogP contribution in [0, 0.1) is 17.6 Å². The first kappa shape index (κ1) is 11.5. The molecule has 0 spiro atoms. The van der Waals surface area contributed by atoms with E-state index in [0.717, 1.165) is 37.3 Å². The van der Waals surface area contributed by atoms with Gasteiger partial charge in [-0.3, -0.25) is 0 Å². The Labute approximate surface area is 94.1 Å². The lowest BCUT2D eigenvalue weighted by Crippen LogP contribution is -2.16. The number of hydrogen-bond acceptors (Lipinski definition) is 1. The summed E-state index contributed by atoms with van der Waals surface area (Å²) in [6.45, 7) is 0.226. The summed E-state index contributed by atoms with van der Waals surface area (Å²) in [5.74, 6) is -0.388. The Bertz CT molecular complexity index is 337. The molecular formula is C13H16F2O. The third-order valence-electron chi connectivity index (χ3n) is 3.46. The van der Waals surface area contributed by atoms with Gasteiger partial charge in [-0.2, -0.15) is 0 Å². The molecule has 0 heterocycles. The van der Waals surface area contributed by atoms with E-state index in [0.29, 0.717) is 5.92 Å². The average molecular weight is 226 g/mol. The normalized spacial score (nSPS) is 25.7. The Morgan fingerprint density at radius 2 is 1.56 bits per heavy atom. The molecule has 1 aromatic carbocycles. The predicted molar refractivity (Wildman–Crippen MR) is 58.1 cm³/mol. The monoisotopic (exact) mass is 226 g/mol. The van der Waals surface area contributed by atoms with Crippen LogP contribution in [0.3, 0.4) is 0 Å². The quantitative estimate of drug-likeness (QED) is 0.820. The molecule has 3 heteroatoms. The summed E-state index contributed by atoms with van der Waals surface area (Å²) in [7, 11) is 0. The van der Waals surface area contributed by atoms with Gasteiger partial charge in [0.2, 0.25) is 0 Å². The van der Waals surface area contributed by atoms with Gasteiger partial charge in [0.05, 0.1) is 0 Å². The predicted octanol–water partition coefficient (Wildman–Crippen LogP) is 3.23. The lowest BCUT2D eigenvalue weighted by Gasteiger charge is -2.27. The highest BCUT2D eigenvalue weighted by molar-refractivity contribution is 5.22. The van der Waals surface area contributed by atoms with E-state index in [-0.39, 0.29) is 12.5 Å². The Balaban J connectivity index is 2.08. The van der Waals surface area contributed by atoms with E-state index >= 15 is 0 Å². The second kappa shape index (κ2) is 4.91. The molecule has 0 bridgehead atoms. The van der Waals surface area contributed by atoms with Crippen molar-refractivity contribution in [1.82, 2.24) is 0 Å². The van der Waals surface area contributed by atoms with Crippen molar-refractivity contribution in [3.05, 3.63) is 35.4 Å². The van der Waals surface area contributed by atoms with E-state index in [2.05, 4.69) is 0 Å². The summed E-state index contributed by atoms with van der Waals surface area (Å²) < 4.78 is 26.1. The summed E-state index contributed by atoms with van der Waals surface area (Å²) in [4.78, 5) is 0. The molecule has 1 N–H and O–H groups in total. The van der Waals surface area contributed by atoms with Gasteiger partial charge in [-0.25, -0.2) is 8.78 Å². The molecule has 1 nitrogen and oxygen atoms in total. The van der Waals surface area contributed by atoms with E-state index in [1.165, 1.54) is 12.1 Å². The van der Waals surface area contributed by atoms with Gasteiger partial charge in [-0.1, -0.05) is 0 Å². The second-order valence-corrected chi connectivity index (χ2v) is 4.60. The third kappa shape index (κ3) is 2.59. The highest BCUT2D eigenvalue weighted by Gasteiger charge is 2.22. The van der Waals surface area contributed by atoms with Crippen LogP contribution in [0.2, 0.25) is 0 Å². The smallest absolute Gasteiger partial charge is 0.126 e. The zero-order valence-corrected chi connectivity index (χ0v) is 9.13. The summed E-state index contributed by atoms with van der Waals surface area (Å²) in [5.41, 5.74) is 0.758. The molecule has 1 saturated carbocycles. The molecule has 88 valence electrons. The summed E-state index contributed by atoms with van der Waals surface area (Å²) in [5, 5.41) is 9.02. The number of aliphatic hydroxyl groups excluding tert-OH is 1. The fraction of sp³-hybridized carbons (Fsp3) is 0.538. The van der Waals surface area contributed by atoms with Crippen molar-refractivity contribution < 1.29 is 13.9 Å². The van der Waals surface area contributed by atoms with Crippen molar-refractivity contribution in [3.63, 3.8) is 0 Å². The molecule has 0 aromatic heterocycles. The molecule has 0 unspecified atom stereocenters. The number of aliphatic hydroxyl groups is 1. The zero-order valence-electron chi connectivity index (χ0n) is 9.13. The Morgan fingerprint density at radius 3 is 2.06 bits per heavy atom. The van der Waals surface area contributed by atoms with Crippen molar-refractivity contribution in [2.45, 2.75) is 31.6 Å². The van der Waals surface area contributed by atoms with Crippen LogP contribution >= 0.6 is 0 Å². The van der Waals surface area contributed by atoms with E-state index < -0.39 is 11.6 Å². The van der Waals surface area contributed by atoms with E-state index in [1.54, 1.807) is 0 Å². The molecule has 0 radical (unpaired) electrons. The highest BCUT2D eigenvalue weighted by atomic mass is 19.1. The van der Waals surface area contributed by atoms with E-state index in [1.807, 2.05) is 0 Å². The van der Waals surface area contributed by atoms with Gasteiger partial charge in [0.15, 0.2) is 0 Å². The largest absolute Gasteiger partial charge is 0.396 e. The molecular weight excluding hydrogens is 210 g/mol. The Kier molecular flexibility index (Phi) is 3.54. The van der Waals surface area contributed by atoms with Crippen LogP contribution in [0.15, 0.2) is 18.2 Å². The van der Waals surface area contributed by atoms with Gasteiger partial charge in [0, 0.05) is 12.7 Å². The fourth-order valence-corrected chi connectivity index (χ4v) is 2.49. The van der Waals surface area contributed by atoms with Gasteiger partial charge in [0.1, 0.15) is 11.6 Å². The minimum Gasteiger partial charge on any atom is -0.396 e. The lowest BCUT2D eigenvalue weighted by molar-refractivity contribution is 0.182. The van der Waals surface area contributed by atoms with Crippen molar-refractivity contribution in [1.29, 1.82) is 0 Å². The molecule has 2 rings (SSSR count). The minimum absolute atomic E-state index is 0.226. The molecule has 1 fully saturated rings. The van der Waals surface area contributed by atoms with E-state index in [9.17, 15) is 8.78 Å². The van der Waals surface area contributed by atoms with Crippen LogP contribution in [0.25, 0.3) is 0 Å². The zero-order chi connectivity index (χ0) is 11.5. The van der Waals surface area contributed by atoms with Gasteiger partial charge in [-0.15, -0.1) is 0 Å². The number of benzene rings is 1. The standard InChI is InChI=1S/C13H16F2O/c14-12-5-11(6-13(15)7-12)10-3-1-9(8-16)2-4-10/h5-7,9-10,16H,1-4,8H2/t9-,10-. The molecule has 1 aliphatic carbocycles.